The maximum absolute atomic E-state index is 10.7. The van der Waals surface area contributed by atoms with Gasteiger partial charge in [-0.05, 0) is 30.0 Å². The average molecular weight is 262 g/mol. The van der Waals surface area contributed by atoms with Crippen LogP contribution in [0.3, 0.4) is 0 Å². The zero-order valence-corrected chi connectivity index (χ0v) is 10.8. The molecule has 0 fully saturated rings. The van der Waals surface area contributed by atoms with Gasteiger partial charge in [-0.2, -0.15) is 0 Å². The second kappa shape index (κ2) is 5.64. The van der Waals surface area contributed by atoms with E-state index >= 15 is 0 Å². The number of aromatic carboxylic acids is 1. The van der Waals surface area contributed by atoms with Gasteiger partial charge in [0.05, 0.1) is 11.6 Å². The molecule has 0 saturated heterocycles. The summed E-state index contributed by atoms with van der Waals surface area (Å²) in [6, 6.07) is 7.56. The highest BCUT2D eigenvalue weighted by molar-refractivity contribution is 7.10. The van der Waals surface area contributed by atoms with Crippen LogP contribution >= 0.6 is 11.3 Å². The van der Waals surface area contributed by atoms with E-state index in [0.29, 0.717) is 5.82 Å². The summed E-state index contributed by atoms with van der Waals surface area (Å²) in [5, 5.41) is 14.1. The molecule has 0 spiro atoms. The fourth-order valence-electron chi connectivity index (χ4n) is 1.65. The van der Waals surface area contributed by atoms with Crippen LogP contribution in [0.15, 0.2) is 35.8 Å². The van der Waals surface area contributed by atoms with E-state index in [4.69, 9.17) is 5.11 Å². The van der Waals surface area contributed by atoms with Crippen LogP contribution in [0.2, 0.25) is 0 Å². The first kappa shape index (κ1) is 12.6. The Morgan fingerprint density at radius 3 is 2.83 bits per heavy atom. The molecule has 0 bridgehead atoms. The molecule has 1 atom stereocenters. The Morgan fingerprint density at radius 2 is 2.33 bits per heavy atom. The summed E-state index contributed by atoms with van der Waals surface area (Å²) in [6.45, 7) is 2.10. The number of carbonyl (C=O) groups is 1. The lowest BCUT2D eigenvalue weighted by atomic mass is 10.2. The number of anilines is 1. The lowest BCUT2D eigenvalue weighted by Gasteiger charge is -2.15. The number of rotatable bonds is 5. The highest BCUT2D eigenvalue weighted by Gasteiger charge is 2.11. The van der Waals surface area contributed by atoms with Crippen molar-refractivity contribution >= 4 is 23.1 Å². The zero-order chi connectivity index (χ0) is 13.0. The zero-order valence-electron chi connectivity index (χ0n) is 9.96. The van der Waals surface area contributed by atoms with E-state index in [9.17, 15) is 4.79 Å². The van der Waals surface area contributed by atoms with Crippen LogP contribution in [0, 0.1) is 0 Å². The number of carboxylic acids is 1. The predicted octanol–water partition coefficient (Wildman–Crippen LogP) is 3.40. The van der Waals surface area contributed by atoms with Crippen molar-refractivity contribution in [3.63, 3.8) is 0 Å². The van der Waals surface area contributed by atoms with E-state index in [1.807, 2.05) is 11.4 Å². The third-order valence-corrected chi connectivity index (χ3v) is 3.61. The SMILES string of the molecule is CCC(Nc1ccc(C(=O)O)cn1)c1cccs1. The Kier molecular flexibility index (Phi) is 3.94. The molecule has 18 heavy (non-hydrogen) atoms. The van der Waals surface area contributed by atoms with Gasteiger partial charge in [-0.25, -0.2) is 9.78 Å². The van der Waals surface area contributed by atoms with Gasteiger partial charge >= 0.3 is 5.97 Å². The molecule has 0 aromatic carbocycles. The molecule has 2 rings (SSSR count). The molecule has 0 amide bonds. The Labute approximate surface area is 109 Å². The van der Waals surface area contributed by atoms with Gasteiger partial charge in [0.1, 0.15) is 5.82 Å². The maximum atomic E-state index is 10.7. The maximum Gasteiger partial charge on any atom is 0.337 e. The lowest BCUT2D eigenvalue weighted by Crippen LogP contribution is -2.09. The molecule has 2 aromatic rings. The van der Waals surface area contributed by atoms with Gasteiger partial charge in [0.2, 0.25) is 0 Å². The van der Waals surface area contributed by atoms with Crippen LogP contribution in [-0.4, -0.2) is 16.1 Å². The fourth-order valence-corrected chi connectivity index (χ4v) is 2.51. The van der Waals surface area contributed by atoms with Crippen LogP contribution in [0.5, 0.6) is 0 Å². The normalized spacial score (nSPS) is 12.1. The van der Waals surface area contributed by atoms with E-state index < -0.39 is 5.97 Å². The fraction of sp³-hybridized carbons (Fsp3) is 0.231. The second-order valence-electron chi connectivity index (χ2n) is 3.86. The first-order valence-electron chi connectivity index (χ1n) is 5.70. The quantitative estimate of drug-likeness (QED) is 0.866. The molecular formula is C13H14N2O2S. The standard InChI is InChI=1S/C13H14N2O2S/c1-2-10(11-4-3-7-18-11)15-12-6-5-9(8-14-12)13(16)17/h3-8,10H,2H2,1H3,(H,14,15)(H,16,17). The van der Waals surface area contributed by atoms with Gasteiger partial charge in [-0.3, -0.25) is 0 Å². The Hall–Kier alpha value is -1.88. The van der Waals surface area contributed by atoms with E-state index in [2.05, 4.69) is 23.3 Å². The van der Waals surface area contributed by atoms with Crippen LogP contribution in [0.25, 0.3) is 0 Å². The van der Waals surface area contributed by atoms with Crippen LogP contribution < -0.4 is 5.32 Å². The molecule has 2 aromatic heterocycles. The molecular weight excluding hydrogens is 248 g/mol. The number of aromatic nitrogens is 1. The minimum Gasteiger partial charge on any atom is -0.478 e. The smallest absolute Gasteiger partial charge is 0.337 e. The van der Waals surface area contributed by atoms with E-state index in [1.54, 1.807) is 23.5 Å². The topological polar surface area (TPSA) is 62.2 Å². The van der Waals surface area contributed by atoms with Crippen molar-refractivity contribution in [2.45, 2.75) is 19.4 Å². The number of nitrogens with one attached hydrogen (secondary N) is 1. The molecule has 4 nitrogen and oxygen atoms in total. The monoisotopic (exact) mass is 262 g/mol. The summed E-state index contributed by atoms with van der Waals surface area (Å²) in [5.41, 5.74) is 0.199. The van der Waals surface area contributed by atoms with Gasteiger partial charge in [-0.15, -0.1) is 11.3 Å². The summed E-state index contributed by atoms with van der Waals surface area (Å²) in [5.74, 6) is -0.264. The number of nitrogens with zero attached hydrogens (tertiary/aromatic N) is 1. The Morgan fingerprint density at radius 1 is 1.50 bits per heavy atom. The van der Waals surface area contributed by atoms with Crippen LogP contribution in [0.1, 0.15) is 34.6 Å². The number of thiophene rings is 1. The minimum absolute atomic E-state index is 0.199. The first-order chi connectivity index (χ1) is 8.70. The first-order valence-corrected chi connectivity index (χ1v) is 6.58. The van der Waals surface area contributed by atoms with Crippen LogP contribution in [0.4, 0.5) is 5.82 Å². The molecule has 0 saturated carbocycles. The summed E-state index contributed by atoms with van der Waals surface area (Å²) < 4.78 is 0. The van der Waals surface area contributed by atoms with E-state index in [1.165, 1.54) is 11.1 Å². The van der Waals surface area contributed by atoms with Crippen molar-refractivity contribution in [2.24, 2.45) is 0 Å². The van der Waals surface area contributed by atoms with Crippen molar-refractivity contribution < 1.29 is 9.90 Å². The van der Waals surface area contributed by atoms with Gasteiger partial charge in [0, 0.05) is 11.1 Å². The minimum atomic E-state index is -0.959. The Balaban J connectivity index is 2.10. The molecule has 0 radical (unpaired) electrons. The third kappa shape index (κ3) is 2.87. The molecule has 94 valence electrons. The number of hydrogen-bond acceptors (Lipinski definition) is 4. The molecule has 0 aliphatic heterocycles. The van der Waals surface area contributed by atoms with Gasteiger partial charge in [0.15, 0.2) is 0 Å². The molecule has 0 aliphatic rings. The summed E-state index contributed by atoms with van der Waals surface area (Å²) >= 11 is 1.70. The summed E-state index contributed by atoms with van der Waals surface area (Å²) in [6.07, 6.45) is 2.31. The second-order valence-corrected chi connectivity index (χ2v) is 4.84. The highest BCUT2D eigenvalue weighted by Crippen LogP contribution is 2.25. The largest absolute Gasteiger partial charge is 0.478 e. The van der Waals surface area contributed by atoms with Crippen molar-refractivity contribution in [1.29, 1.82) is 0 Å². The summed E-state index contributed by atoms with van der Waals surface area (Å²) in [7, 11) is 0. The molecule has 2 heterocycles. The van der Waals surface area contributed by atoms with Gasteiger partial charge < -0.3 is 10.4 Å². The summed E-state index contributed by atoms with van der Waals surface area (Å²) in [4.78, 5) is 16.1. The molecule has 5 heteroatoms. The van der Waals surface area contributed by atoms with Crippen molar-refractivity contribution in [2.75, 3.05) is 5.32 Å². The number of hydrogen-bond donors (Lipinski definition) is 2. The highest BCUT2D eigenvalue weighted by atomic mass is 32.1. The number of carboxylic acid groups (broad SMARTS) is 1. The van der Waals surface area contributed by atoms with Crippen molar-refractivity contribution in [1.82, 2.24) is 4.98 Å². The van der Waals surface area contributed by atoms with E-state index in [-0.39, 0.29) is 11.6 Å². The molecule has 1 unspecified atom stereocenters. The lowest BCUT2D eigenvalue weighted by molar-refractivity contribution is 0.0696. The van der Waals surface area contributed by atoms with Crippen molar-refractivity contribution in [3.8, 4) is 0 Å². The van der Waals surface area contributed by atoms with E-state index in [0.717, 1.165) is 6.42 Å². The number of pyridine rings is 1. The van der Waals surface area contributed by atoms with Crippen molar-refractivity contribution in [3.05, 3.63) is 46.3 Å². The average Bonchev–Trinajstić information content (AvgIpc) is 2.90. The molecule has 2 N–H and O–H groups in total. The van der Waals surface area contributed by atoms with Gasteiger partial charge in [-0.1, -0.05) is 13.0 Å². The Bertz CT molecular complexity index is 508. The third-order valence-electron chi connectivity index (χ3n) is 2.63. The van der Waals surface area contributed by atoms with Crippen LogP contribution in [-0.2, 0) is 0 Å². The molecule has 0 aliphatic carbocycles. The predicted molar refractivity (Wildman–Crippen MR) is 72.2 cm³/mol. The van der Waals surface area contributed by atoms with Gasteiger partial charge in [0.25, 0.3) is 0 Å².